The largest absolute Gasteiger partial charge is 0.497 e. The van der Waals surface area contributed by atoms with E-state index in [0.29, 0.717) is 31.7 Å². The van der Waals surface area contributed by atoms with Gasteiger partial charge in [-0.25, -0.2) is 8.42 Å². The Bertz CT molecular complexity index is 643. The molecule has 2 N–H and O–H groups in total. The van der Waals surface area contributed by atoms with Crippen LogP contribution >= 0.6 is 12.4 Å². The quantitative estimate of drug-likeness (QED) is 0.813. The minimum Gasteiger partial charge on any atom is -0.497 e. The zero-order valence-electron chi connectivity index (χ0n) is 13.3. The Kier molecular flexibility index (Phi) is 6.85. The molecule has 0 spiro atoms. The molecule has 8 heteroatoms. The van der Waals surface area contributed by atoms with E-state index in [9.17, 15) is 13.2 Å². The second-order valence-electron chi connectivity index (χ2n) is 5.55. The van der Waals surface area contributed by atoms with Crippen LogP contribution in [0, 0.1) is 0 Å². The van der Waals surface area contributed by atoms with Crippen molar-refractivity contribution in [3.05, 3.63) is 29.8 Å². The normalized spacial score (nSPS) is 17.0. The van der Waals surface area contributed by atoms with Gasteiger partial charge in [-0.3, -0.25) is 4.79 Å². The van der Waals surface area contributed by atoms with Gasteiger partial charge in [0.05, 0.1) is 7.11 Å². The van der Waals surface area contributed by atoms with Gasteiger partial charge in [-0.2, -0.15) is 0 Å². The minimum atomic E-state index is -3.48. The van der Waals surface area contributed by atoms with Gasteiger partial charge in [-0.05, 0) is 43.6 Å². The maximum absolute atomic E-state index is 12.5. The summed E-state index contributed by atoms with van der Waals surface area (Å²) in [5.41, 5.74) is 0.866. The van der Waals surface area contributed by atoms with Crippen LogP contribution in [0.5, 0.6) is 5.75 Å². The Balaban J connectivity index is 0.00000264. The third kappa shape index (κ3) is 4.37. The number of hydrogen-bond donors (Lipinski definition) is 2. The van der Waals surface area contributed by atoms with E-state index < -0.39 is 20.5 Å². The predicted octanol–water partition coefficient (Wildman–Crippen LogP) is 0.900. The van der Waals surface area contributed by atoms with E-state index in [1.54, 1.807) is 7.11 Å². The first-order valence-electron chi connectivity index (χ1n) is 7.20. The Morgan fingerprint density at radius 1 is 1.35 bits per heavy atom. The molecule has 0 aliphatic carbocycles. The standard InChI is InChI=1S/C15H22N2O4S.ClH/c1-21-13-5-3-4-12(10-13)11-17-14(18)15(22(2,19)20)6-8-16-9-7-15;/h3-5,10,16H,6-9,11H2,1-2H3,(H,17,18);1H. The van der Waals surface area contributed by atoms with Gasteiger partial charge in [0.2, 0.25) is 5.91 Å². The summed E-state index contributed by atoms with van der Waals surface area (Å²) in [5, 5.41) is 5.86. The van der Waals surface area contributed by atoms with Crippen molar-refractivity contribution >= 4 is 28.2 Å². The number of carbonyl (C=O) groups is 1. The van der Waals surface area contributed by atoms with Gasteiger partial charge < -0.3 is 15.4 Å². The molecule has 1 aliphatic heterocycles. The lowest BCUT2D eigenvalue weighted by atomic mass is 9.95. The van der Waals surface area contributed by atoms with Crippen LogP contribution in [0.1, 0.15) is 18.4 Å². The molecule has 1 aromatic rings. The van der Waals surface area contributed by atoms with Crippen LogP contribution in [-0.4, -0.2) is 45.5 Å². The zero-order valence-corrected chi connectivity index (χ0v) is 14.9. The molecule has 0 aromatic heterocycles. The van der Waals surface area contributed by atoms with Gasteiger partial charge in [0.15, 0.2) is 14.6 Å². The van der Waals surface area contributed by atoms with Crippen molar-refractivity contribution in [1.82, 2.24) is 10.6 Å². The second-order valence-corrected chi connectivity index (χ2v) is 7.88. The van der Waals surface area contributed by atoms with E-state index in [-0.39, 0.29) is 19.0 Å². The van der Waals surface area contributed by atoms with Crippen LogP contribution in [0.2, 0.25) is 0 Å². The SMILES string of the molecule is COc1cccc(CNC(=O)C2(S(C)(=O)=O)CCNCC2)c1.Cl. The Morgan fingerprint density at radius 2 is 2.00 bits per heavy atom. The van der Waals surface area contributed by atoms with Gasteiger partial charge in [0.25, 0.3) is 0 Å². The summed E-state index contributed by atoms with van der Waals surface area (Å²) in [7, 11) is -1.91. The van der Waals surface area contributed by atoms with Gasteiger partial charge in [-0.15, -0.1) is 12.4 Å². The van der Waals surface area contributed by atoms with E-state index in [2.05, 4.69) is 10.6 Å². The van der Waals surface area contributed by atoms with Gasteiger partial charge in [-0.1, -0.05) is 12.1 Å². The van der Waals surface area contributed by atoms with Crippen molar-refractivity contribution < 1.29 is 17.9 Å². The first-order chi connectivity index (χ1) is 10.4. The molecule has 1 aliphatic rings. The third-order valence-electron chi connectivity index (χ3n) is 4.12. The summed E-state index contributed by atoms with van der Waals surface area (Å²) in [5.74, 6) is 0.283. The zero-order chi connectivity index (χ0) is 16.2. The predicted molar refractivity (Wildman–Crippen MR) is 91.8 cm³/mol. The van der Waals surface area contributed by atoms with E-state index in [0.717, 1.165) is 11.8 Å². The molecule has 0 saturated carbocycles. The minimum absolute atomic E-state index is 0. The molecule has 1 amide bonds. The molecular weight excluding hydrogens is 340 g/mol. The number of nitrogens with one attached hydrogen (secondary N) is 2. The average Bonchev–Trinajstić information content (AvgIpc) is 2.52. The fourth-order valence-corrected chi connectivity index (χ4v) is 4.08. The van der Waals surface area contributed by atoms with Crippen LogP contribution in [0.25, 0.3) is 0 Å². The van der Waals surface area contributed by atoms with Crippen LogP contribution in [0.4, 0.5) is 0 Å². The van der Waals surface area contributed by atoms with Crippen molar-refractivity contribution in [2.75, 3.05) is 26.5 Å². The van der Waals surface area contributed by atoms with E-state index in [1.165, 1.54) is 0 Å². The molecule has 1 aromatic carbocycles. The Morgan fingerprint density at radius 3 is 2.57 bits per heavy atom. The molecule has 1 saturated heterocycles. The molecule has 130 valence electrons. The van der Waals surface area contributed by atoms with Crippen molar-refractivity contribution in [1.29, 1.82) is 0 Å². The van der Waals surface area contributed by atoms with Crippen molar-refractivity contribution in [2.45, 2.75) is 24.1 Å². The van der Waals surface area contributed by atoms with Crippen LogP contribution in [0.3, 0.4) is 0 Å². The number of methoxy groups -OCH3 is 1. The van der Waals surface area contributed by atoms with Gasteiger partial charge >= 0.3 is 0 Å². The molecule has 1 fully saturated rings. The van der Waals surface area contributed by atoms with Gasteiger partial charge in [0.1, 0.15) is 5.75 Å². The number of sulfone groups is 1. The molecular formula is C15H23ClN2O4S. The van der Waals surface area contributed by atoms with Crippen LogP contribution in [-0.2, 0) is 21.2 Å². The summed E-state index contributed by atoms with van der Waals surface area (Å²) in [6.45, 7) is 1.33. The Labute approximate surface area is 143 Å². The summed E-state index contributed by atoms with van der Waals surface area (Å²) in [6.07, 6.45) is 1.75. The number of amides is 1. The molecule has 6 nitrogen and oxygen atoms in total. The van der Waals surface area contributed by atoms with Crippen LogP contribution in [0.15, 0.2) is 24.3 Å². The lowest BCUT2D eigenvalue weighted by Crippen LogP contribution is -2.57. The lowest BCUT2D eigenvalue weighted by molar-refractivity contribution is -0.124. The maximum Gasteiger partial charge on any atom is 0.241 e. The van der Waals surface area contributed by atoms with Gasteiger partial charge in [0, 0.05) is 12.8 Å². The fourth-order valence-electron chi connectivity index (χ4n) is 2.72. The summed E-state index contributed by atoms with van der Waals surface area (Å²) < 4.78 is 28.1. The number of piperidine rings is 1. The highest BCUT2D eigenvalue weighted by Gasteiger charge is 2.48. The molecule has 0 unspecified atom stereocenters. The first kappa shape index (κ1) is 19.7. The topological polar surface area (TPSA) is 84.5 Å². The number of carbonyl (C=O) groups excluding carboxylic acids is 1. The molecule has 23 heavy (non-hydrogen) atoms. The monoisotopic (exact) mass is 362 g/mol. The Hall–Kier alpha value is -1.31. The first-order valence-corrected chi connectivity index (χ1v) is 9.10. The van der Waals surface area contributed by atoms with Crippen LogP contribution < -0.4 is 15.4 Å². The highest BCUT2D eigenvalue weighted by Crippen LogP contribution is 2.28. The van der Waals surface area contributed by atoms with E-state index in [4.69, 9.17) is 4.74 Å². The molecule has 2 rings (SSSR count). The fraction of sp³-hybridized carbons (Fsp3) is 0.533. The average molecular weight is 363 g/mol. The van der Waals surface area contributed by atoms with E-state index >= 15 is 0 Å². The third-order valence-corrected chi connectivity index (χ3v) is 6.14. The maximum atomic E-state index is 12.5. The van der Waals surface area contributed by atoms with E-state index in [1.807, 2.05) is 24.3 Å². The summed E-state index contributed by atoms with van der Waals surface area (Å²) in [6, 6.07) is 7.32. The highest BCUT2D eigenvalue weighted by atomic mass is 35.5. The number of hydrogen-bond acceptors (Lipinski definition) is 5. The summed E-state index contributed by atoms with van der Waals surface area (Å²) >= 11 is 0. The molecule has 0 atom stereocenters. The highest BCUT2D eigenvalue weighted by molar-refractivity contribution is 7.92. The summed E-state index contributed by atoms with van der Waals surface area (Å²) in [4.78, 5) is 12.5. The number of ether oxygens (including phenoxy) is 1. The van der Waals surface area contributed by atoms with Crippen molar-refractivity contribution in [2.24, 2.45) is 0 Å². The number of rotatable bonds is 5. The smallest absolute Gasteiger partial charge is 0.241 e. The molecule has 1 heterocycles. The number of benzene rings is 1. The molecule has 0 radical (unpaired) electrons. The number of halogens is 1. The molecule has 0 bridgehead atoms. The van der Waals surface area contributed by atoms with Crippen molar-refractivity contribution in [3.63, 3.8) is 0 Å². The lowest BCUT2D eigenvalue weighted by Gasteiger charge is -2.34. The van der Waals surface area contributed by atoms with Crippen molar-refractivity contribution in [3.8, 4) is 5.75 Å². The second kappa shape index (κ2) is 7.99.